The molecule has 5 nitrogen and oxygen atoms in total. The Labute approximate surface area is 99.2 Å². The molecule has 2 heterocycles. The molecule has 0 saturated carbocycles. The van der Waals surface area contributed by atoms with Crippen molar-refractivity contribution in [3.63, 3.8) is 0 Å². The second kappa shape index (κ2) is 4.88. The van der Waals surface area contributed by atoms with E-state index in [1.54, 1.807) is 12.3 Å². The van der Waals surface area contributed by atoms with E-state index in [1.165, 1.54) is 19.5 Å². The first kappa shape index (κ1) is 11.5. The number of nitrogens with zero attached hydrogens (tertiary/aromatic N) is 3. The summed E-state index contributed by atoms with van der Waals surface area (Å²) in [6.45, 7) is 1.94. The summed E-state index contributed by atoms with van der Waals surface area (Å²) in [5.41, 5.74) is 1.92. The first-order valence-corrected chi connectivity index (χ1v) is 5.18. The van der Waals surface area contributed by atoms with Crippen LogP contribution in [0.25, 0.3) is 0 Å². The van der Waals surface area contributed by atoms with Crippen molar-refractivity contribution >= 4 is 0 Å². The van der Waals surface area contributed by atoms with Crippen molar-refractivity contribution in [1.29, 1.82) is 0 Å². The molecule has 1 N–H and O–H groups in total. The zero-order valence-electron chi connectivity index (χ0n) is 9.66. The molecule has 1 unspecified atom stereocenters. The molecule has 0 spiro atoms. The van der Waals surface area contributed by atoms with Crippen LogP contribution in [0, 0.1) is 6.92 Å². The molecular weight excluding hydrogens is 218 g/mol. The van der Waals surface area contributed by atoms with E-state index >= 15 is 0 Å². The minimum atomic E-state index is -0.931. The lowest BCUT2D eigenvalue weighted by Gasteiger charge is -2.11. The average Bonchev–Trinajstić information content (AvgIpc) is 2.39. The van der Waals surface area contributed by atoms with E-state index in [4.69, 9.17) is 4.74 Å². The van der Waals surface area contributed by atoms with Crippen LogP contribution in [0.1, 0.15) is 23.1 Å². The average molecular weight is 231 g/mol. The molecule has 0 saturated heterocycles. The van der Waals surface area contributed by atoms with E-state index in [0.29, 0.717) is 17.3 Å². The van der Waals surface area contributed by atoms with Crippen molar-refractivity contribution in [1.82, 2.24) is 15.0 Å². The fourth-order valence-electron chi connectivity index (χ4n) is 1.46. The van der Waals surface area contributed by atoms with Crippen LogP contribution in [0.5, 0.6) is 5.88 Å². The van der Waals surface area contributed by atoms with Crippen molar-refractivity contribution in [2.45, 2.75) is 13.0 Å². The number of aliphatic hydroxyl groups is 1. The van der Waals surface area contributed by atoms with Gasteiger partial charge in [-0.15, -0.1) is 0 Å². The van der Waals surface area contributed by atoms with Crippen LogP contribution in [0.15, 0.2) is 30.7 Å². The Hall–Kier alpha value is -2.01. The highest BCUT2D eigenvalue weighted by atomic mass is 16.5. The fourth-order valence-corrected chi connectivity index (χ4v) is 1.46. The Morgan fingerprint density at radius 2 is 1.94 bits per heavy atom. The summed E-state index contributed by atoms with van der Waals surface area (Å²) in [5.74, 6) is 0.308. The quantitative estimate of drug-likeness (QED) is 0.861. The minimum absolute atomic E-state index is 0.308. The SMILES string of the molecule is COc1nccnc1C(O)c1ccc(C)cn1. The lowest BCUT2D eigenvalue weighted by molar-refractivity contribution is 0.203. The monoisotopic (exact) mass is 231 g/mol. The van der Waals surface area contributed by atoms with Crippen molar-refractivity contribution in [3.05, 3.63) is 47.7 Å². The van der Waals surface area contributed by atoms with Gasteiger partial charge in [0.1, 0.15) is 11.8 Å². The molecule has 0 amide bonds. The zero-order valence-corrected chi connectivity index (χ0v) is 9.66. The van der Waals surface area contributed by atoms with Crippen LogP contribution in [0.4, 0.5) is 0 Å². The van der Waals surface area contributed by atoms with Crippen LogP contribution in [0.2, 0.25) is 0 Å². The van der Waals surface area contributed by atoms with Crippen LogP contribution in [-0.4, -0.2) is 27.2 Å². The largest absolute Gasteiger partial charge is 0.480 e. The van der Waals surface area contributed by atoms with Gasteiger partial charge in [0.25, 0.3) is 0 Å². The van der Waals surface area contributed by atoms with Crippen LogP contribution >= 0.6 is 0 Å². The lowest BCUT2D eigenvalue weighted by atomic mass is 10.1. The molecule has 17 heavy (non-hydrogen) atoms. The van der Waals surface area contributed by atoms with E-state index in [-0.39, 0.29) is 0 Å². The van der Waals surface area contributed by atoms with E-state index in [2.05, 4.69) is 15.0 Å². The Morgan fingerprint density at radius 1 is 1.18 bits per heavy atom. The summed E-state index contributed by atoms with van der Waals surface area (Å²) in [6, 6.07) is 3.64. The highest BCUT2D eigenvalue weighted by Gasteiger charge is 2.18. The molecule has 1 atom stereocenters. The normalized spacial score (nSPS) is 12.2. The standard InChI is InChI=1S/C12H13N3O2/c1-8-3-4-9(15-7-8)11(16)10-12(17-2)14-6-5-13-10/h3-7,11,16H,1-2H3. The number of rotatable bonds is 3. The first-order valence-electron chi connectivity index (χ1n) is 5.18. The zero-order chi connectivity index (χ0) is 12.3. The highest BCUT2D eigenvalue weighted by molar-refractivity contribution is 5.27. The van der Waals surface area contributed by atoms with Gasteiger partial charge in [0.05, 0.1) is 12.8 Å². The lowest BCUT2D eigenvalue weighted by Crippen LogP contribution is -2.07. The summed E-state index contributed by atoms with van der Waals surface area (Å²) >= 11 is 0. The maximum atomic E-state index is 10.1. The van der Waals surface area contributed by atoms with E-state index in [0.717, 1.165) is 5.56 Å². The molecule has 0 aliphatic heterocycles. The number of hydrogen-bond donors (Lipinski definition) is 1. The third-order valence-electron chi connectivity index (χ3n) is 2.36. The van der Waals surface area contributed by atoms with Gasteiger partial charge in [-0.2, -0.15) is 0 Å². The summed E-state index contributed by atoms with van der Waals surface area (Å²) < 4.78 is 5.05. The molecular formula is C12H13N3O2. The second-order valence-electron chi connectivity index (χ2n) is 3.61. The Kier molecular flexibility index (Phi) is 3.30. The number of hydrogen-bond acceptors (Lipinski definition) is 5. The fraction of sp³-hybridized carbons (Fsp3) is 0.250. The summed E-state index contributed by atoms with van der Waals surface area (Å²) in [4.78, 5) is 12.2. The van der Waals surface area contributed by atoms with Gasteiger partial charge < -0.3 is 9.84 Å². The molecule has 0 aliphatic carbocycles. The number of pyridine rings is 1. The molecule has 0 aliphatic rings. The van der Waals surface area contributed by atoms with Gasteiger partial charge in [0, 0.05) is 18.6 Å². The first-order chi connectivity index (χ1) is 8.22. The Balaban J connectivity index is 2.36. The number of aryl methyl sites for hydroxylation is 1. The predicted molar refractivity (Wildman–Crippen MR) is 61.6 cm³/mol. The molecule has 2 rings (SSSR count). The molecule has 88 valence electrons. The van der Waals surface area contributed by atoms with Crippen LogP contribution < -0.4 is 4.74 Å². The number of aromatic nitrogens is 3. The van der Waals surface area contributed by atoms with E-state index < -0.39 is 6.10 Å². The summed E-state index contributed by atoms with van der Waals surface area (Å²) in [5, 5.41) is 10.1. The molecule has 2 aromatic rings. The highest BCUT2D eigenvalue weighted by Crippen LogP contribution is 2.24. The molecule has 2 aromatic heterocycles. The van der Waals surface area contributed by atoms with Gasteiger partial charge in [-0.25, -0.2) is 4.98 Å². The summed E-state index contributed by atoms with van der Waals surface area (Å²) in [7, 11) is 1.49. The van der Waals surface area contributed by atoms with Crippen LogP contribution in [-0.2, 0) is 0 Å². The Bertz CT molecular complexity index is 499. The third-order valence-corrected chi connectivity index (χ3v) is 2.36. The number of aliphatic hydroxyl groups excluding tert-OH is 1. The summed E-state index contributed by atoms with van der Waals surface area (Å²) in [6.07, 6.45) is 3.79. The number of ether oxygens (including phenoxy) is 1. The minimum Gasteiger partial charge on any atom is -0.480 e. The van der Waals surface area contributed by atoms with Gasteiger partial charge in [-0.05, 0) is 18.6 Å². The molecule has 0 radical (unpaired) electrons. The van der Waals surface area contributed by atoms with Gasteiger partial charge >= 0.3 is 0 Å². The van der Waals surface area contributed by atoms with Crippen molar-refractivity contribution in [2.24, 2.45) is 0 Å². The van der Waals surface area contributed by atoms with Crippen LogP contribution in [0.3, 0.4) is 0 Å². The van der Waals surface area contributed by atoms with E-state index in [9.17, 15) is 5.11 Å². The van der Waals surface area contributed by atoms with Crippen molar-refractivity contribution < 1.29 is 9.84 Å². The van der Waals surface area contributed by atoms with Gasteiger partial charge in [-0.1, -0.05) is 6.07 Å². The van der Waals surface area contributed by atoms with Gasteiger partial charge in [0.2, 0.25) is 5.88 Å². The van der Waals surface area contributed by atoms with E-state index in [1.807, 2.05) is 13.0 Å². The van der Waals surface area contributed by atoms with Gasteiger partial charge in [-0.3, -0.25) is 9.97 Å². The Morgan fingerprint density at radius 3 is 2.59 bits per heavy atom. The number of methoxy groups -OCH3 is 1. The van der Waals surface area contributed by atoms with Gasteiger partial charge in [0.15, 0.2) is 0 Å². The van der Waals surface area contributed by atoms with Crippen molar-refractivity contribution in [2.75, 3.05) is 7.11 Å². The molecule has 0 fully saturated rings. The third kappa shape index (κ3) is 2.39. The topological polar surface area (TPSA) is 68.1 Å². The maximum Gasteiger partial charge on any atom is 0.238 e. The predicted octanol–water partition coefficient (Wildman–Crippen LogP) is 1.27. The molecule has 0 aromatic carbocycles. The maximum absolute atomic E-state index is 10.1. The van der Waals surface area contributed by atoms with Crippen molar-refractivity contribution in [3.8, 4) is 5.88 Å². The molecule has 5 heteroatoms. The second-order valence-corrected chi connectivity index (χ2v) is 3.61. The molecule has 0 bridgehead atoms. The smallest absolute Gasteiger partial charge is 0.238 e.